The Kier molecular flexibility index (Phi) is 9.50. The van der Waals surface area contributed by atoms with Crippen LogP contribution in [-0.4, -0.2) is 52.6 Å². The van der Waals surface area contributed by atoms with Gasteiger partial charge in [0.1, 0.15) is 23.4 Å². The maximum Gasteiger partial charge on any atom is 0.408 e. The first-order valence-electron chi connectivity index (χ1n) is 12.1. The zero-order valence-corrected chi connectivity index (χ0v) is 22.5. The number of benzene rings is 2. The fourth-order valence-corrected chi connectivity index (χ4v) is 3.83. The molecule has 0 saturated heterocycles. The van der Waals surface area contributed by atoms with E-state index in [1.54, 1.807) is 40.0 Å². The molecule has 0 radical (unpaired) electrons. The van der Waals surface area contributed by atoms with E-state index in [2.05, 4.69) is 10.6 Å². The third kappa shape index (κ3) is 8.29. The van der Waals surface area contributed by atoms with Crippen LogP contribution in [0.4, 0.5) is 4.79 Å². The number of rotatable bonds is 8. The van der Waals surface area contributed by atoms with Crippen LogP contribution in [0.3, 0.4) is 0 Å². The summed E-state index contributed by atoms with van der Waals surface area (Å²) in [6.45, 7) is 12.8. The summed E-state index contributed by atoms with van der Waals surface area (Å²) in [5, 5.41) is 15.2. The number of carbonyl (C=O) groups excluding carboxylic acids is 3. The van der Waals surface area contributed by atoms with E-state index < -0.39 is 29.7 Å². The van der Waals surface area contributed by atoms with Crippen molar-refractivity contribution in [3.8, 4) is 5.75 Å². The van der Waals surface area contributed by atoms with E-state index in [-0.39, 0.29) is 24.1 Å². The average Bonchev–Trinajstić information content (AvgIpc) is 2.75. The van der Waals surface area contributed by atoms with Gasteiger partial charge in [0.2, 0.25) is 11.8 Å². The van der Waals surface area contributed by atoms with E-state index in [1.807, 2.05) is 45.9 Å². The lowest BCUT2D eigenvalue weighted by Gasteiger charge is -2.33. The molecule has 3 amide bonds. The molecule has 0 aliphatic heterocycles. The van der Waals surface area contributed by atoms with Crippen molar-refractivity contribution >= 4 is 17.9 Å². The third-order valence-corrected chi connectivity index (χ3v) is 5.51. The molecule has 0 fully saturated rings. The van der Waals surface area contributed by atoms with Gasteiger partial charge in [-0.25, -0.2) is 4.79 Å². The van der Waals surface area contributed by atoms with Gasteiger partial charge in [0.25, 0.3) is 0 Å². The Hall–Kier alpha value is -3.55. The van der Waals surface area contributed by atoms with Crippen molar-refractivity contribution in [3.05, 3.63) is 64.7 Å². The maximum atomic E-state index is 13.8. The minimum atomic E-state index is -1.01. The second kappa shape index (κ2) is 11.9. The van der Waals surface area contributed by atoms with E-state index in [0.29, 0.717) is 5.56 Å². The smallest absolute Gasteiger partial charge is 0.408 e. The SMILES string of the molecule is Cc1ccc(C)c(C(C(=O)NC(C)C)N(C)C(=O)C(Cc2ccc(O)cc2)NC(=O)OC(C)(C)C)c1. The molecule has 0 saturated carbocycles. The monoisotopic (exact) mass is 497 g/mol. The van der Waals surface area contributed by atoms with Crippen LogP contribution >= 0.6 is 0 Å². The second-order valence-electron chi connectivity index (χ2n) is 10.4. The van der Waals surface area contributed by atoms with Crippen molar-refractivity contribution in [2.45, 2.75) is 78.6 Å². The average molecular weight is 498 g/mol. The van der Waals surface area contributed by atoms with Crippen LogP contribution in [0.5, 0.6) is 5.75 Å². The molecule has 196 valence electrons. The lowest BCUT2D eigenvalue weighted by molar-refractivity contribution is -0.141. The van der Waals surface area contributed by atoms with Crippen molar-refractivity contribution < 1.29 is 24.2 Å². The molecular weight excluding hydrogens is 458 g/mol. The fourth-order valence-electron chi connectivity index (χ4n) is 3.83. The van der Waals surface area contributed by atoms with Gasteiger partial charge in [-0.05, 0) is 77.3 Å². The first kappa shape index (κ1) is 28.7. The lowest BCUT2D eigenvalue weighted by atomic mass is 9.96. The van der Waals surface area contributed by atoms with Gasteiger partial charge < -0.3 is 25.4 Å². The van der Waals surface area contributed by atoms with E-state index in [0.717, 1.165) is 16.7 Å². The number of phenolic OH excluding ortho intramolecular Hbond substituents is 1. The summed E-state index contributed by atoms with van der Waals surface area (Å²) in [6, 6.07) is 10.1. The van der Waals surface area contributed by atoms with Crippen LogP contribution in [0.2, 0.25) is 0 Å². The molecule has 0 bridgehead atoms. The molecule has 0 heterocycles. The zero-order valence-electron chi connectivity index (χ0n) is 22.5. The fraction of sp³-hybridized carbons (Fsp3) is 0.464. The van der Waals surface area contributed by atoms with Gasteiger partial charge in [0.05, 0.1) is 0 Å². The number of hydrogen-bond acceptors (Lipinski definition) is 5. The molecule has 2 atom stereocenters. The molecule has 2 aromatic rings. The molecule has 0 aliphatic rings. The molecule has 0 spiro atoms. The standard InChI is InChI=1S/C28H39N3O5/c1-17(2)29-25(33)24(22-15-18(3)9-10-19(22)4)31(8)26(34)23(30-27(35)36-28(5,6)7)16-20-11-13-21(32)14-12-20/h9-15,17,23-24,32H,16H2,1-8H3,(H,29,33)(H,30,35). The van der Waals surface area contributed by atoms with Crippen molar-refractivity contribution in [1.29, 1.82) is 0 Å². The molecule has 0 aliphatic carbocycles. The molecule has 2 unspecified atom stereocenters. The Balaban J connectivity index is 2.46. The van der Waals surface area contributed by atoms with E-state index in [1.165, 1.54) is 17.0 Å². The highest BCUT2D eigenvalue weighted by atomic mass is 16.6. The Morgan fingerprint density at radius 1 is 1.00 bits per heavy atom. The first-order valence-corrected chi connectivity index (χ1v) is 12.1. The van der Waals surface area contributed by atoms with Gasteiger partial charge in [0, 0.05) is 19.5 Å². The molecule has 0 aromatic heterocycles. The summed E-state index contributed by atoms with van der Waals surface area (Å²) in [5.41, 5.74) is 2.53. The minimum absolute atomic E-state index is 0.0965. The molecular formula is C28H39N3O5. The second-order valence-corrected chi connectivity index (χ2v) is 10.4. The van der Waals surface area contributed by atoms with E-state index in [9.17, 15) is 19.5 Å². The van der Waals surface area contributed by atoms with Gasteiger partial charge >= 0.3 is 6.09 Å². The molecule has 3 N–H and O–H groups in total. The van der Waals surface area contributed by atoms with Crippen molar-refractivity contribution in [2.75, 3.05) is 7.05 Å². The summed E-state index contributed by atoms with van der Waals surface area (Å²) in [7, 11) is 1.56. The van der Waals surface area contributed by atoms with Gasteiger partial charge in [-0.2, -0.15) is 0 Å². The highest BCUT2D eigenvalue weighted by Crippen LogP contribution is 2.26. The molecule has 36 heavy (non-hydrogen) atoms. The van der Waals surface area contributed by atoms with Crippen LogP contribution in [0.25, 0.3) is 0 Å². The van der Waals surface area contributed by atoms with Gasteiger partial charge in [-0.1, -0.05) is 35.9 Å². The predicted octanol–water partition coefficient (Wildman–Crippen LogP) is 4.17. The molecule has 2 rings (SSSR count). The number of carbonyl (C=O) groups is 3. The Morgan fingerprint density at radius 3 is 2.17 bits per heavy atom. The number of nitrogens with zero attached hydrogens (tertiary/aromatic N) is 1. The molecule has 2 aromatic carbocycles. The topological polar surface area (TPSA) is 108 Å². The lowest BCUT2D eigenvalue weighted by Crippen LogP contribution is -2.53. The molecule has 8 nitrogen and oxygen atoms in total. The maximum absolute atomic E-state index is 13.8. The number of aryl methyl sites for hydroxylation is 2. The van der Waals surface area contributed by atoms with Gasteiger partial charge in [-0.3, -0.25) is 9.59 Å². The summed E-state index contributed by atoms with van der Waals surface area (Å²) >= 11 is 0. The largest absolute Gasteiger partial charge is 0.508 e. The summed E-state index contributed by atoms with van der Waals surface area (Å²) in [4.78, 5) is 41.2. The first-order chi connectivity index (χ1) is 16.7. The van der Waals surface area contributed by atoms with E-state index >= 15 is 0 Å². The number of aromatic hydroxyl groups is 1. The number of alkyl carbamates (subject to hydrolysis) is 1. The number of amides is 3. The van der Waals surface area contributed by atoms with Crippen LogP contribution in [0.15, 0.2) is 42.5 Å². The van der Waals surface area contributed by atoms with Crippen LogP contribution in [0.1, 0.15) is 62.9 Å². The zero-order chi connectivity index (χ0) is 27.2. The highest BCUT2D eigenvalue weighted by Gasteiger charge is 2.35. The van der Waals surface area contributed by atoms with Crippen LogP contribution in [0, 0.1) is 13.8 Å². The number of ether oxygens (including phenoxy) is 1. The highest BCUT2D eigenvalue weighted by molar-refractivity contribution is 5.92. The Labute approximate surface area is 214 Å². The van der Waals surface area contributed by atoms with Crippen molar-refractivity contribution in [2.24, 2.45) is 0 Å². The number of phenols is 1. The number of nitrogens with one attached hydrogen (secondary N) is 2. The number of likely N-dealkylation sites (N-methyl/N-ethyl adjacent to an activating group) is 1. The summed E-state index contributed by atoms with van der Waals surface area (Å²) in [5.74, 6) is -0.659. The van der Waals surface area contributed by atoms with Crippen LogP contribution < -0.4 is 10.6 Å². The van der Waals surface area contributed by atoms with E-state index in [4.69, 9.17) is 4.74 Å². The van der Waals surface area contributed by atoms with Crippen LogP contribution in [-0.2, 0) is 20.7 Å². The third-order valence-electron chi connectivity index (χ3n) is 5.51. The molecule has 8 heteroatoms. The normalized spacial score (nSPS) is 13.0. The summed E-state index contributed by atoms with van der Waals surface area (Å²) < 4.78 is 5.39. The minimum Gasteiger partial charge on any atom is -0.508 e. The Morgan fingerprint density at radius 2 is 1.61 bits per heavy atom. The number of hydrogen-bond donors (Lipinski definition) is 3. The predicted molar refractivity (Wildman–Crippen MR) is 140 cm³/mol. The Bertz CT molecular complexity index is 1070. The van der Waals surface area contributed by atoms with Crippen molar-refractivity contribution in [3.63, 3.8) is 0 Å². The summed E-state index contributed by atoms with van der Waals surface area (Å²) in [6.07, 6.45) is -0.587. The van der Waals surface area contributed by atoms with Gasteiger partial charge in [0.15, 0.2) is 0 Å². The van der Waals surface area contributed by atoms with Crippen molar-refractivity contribution in [1.82, 2.24) is 15.5 Å². The van der Waals surface area contributed by atoms with Gasteiger partial charge in [-0.15, -0.1) is 0 Å². The quantitative estimate of drug-likeness (QED) is 0.507.